The maximum Gasteiger partial charge on any atom is 0.416 e. The van der Waals surface area contributed by atoms with Crippen molar-refractivity contribution in [2.45, 2.75) is 62.8 Å². The van der Waals surface area contributed by atoms with Crippen molar-refractivity contribution in [1.29, 1.82) is 0 Å². The van der Waals surface area contributed by atoms with Crippen molar-refractivity contribution in [2.24, 2.45) is 5.92 Å². The number of aromatic nitrogens is 3. The van der Waals surface area contributed by atoms with Crippen molar-refractivity contribution in [3.05, 3.63) is 48.3 Å². The van der Waals surface area contributed by atoms with E-state index in [1.807, 2.05) is 4.57 Å². The lowest BCUT2D eigenvalue weighted by Gasteiger charge is -2.21. The van der Waals surface area contributed by atoms with E-state index in [9.17, 15) is 18.0 Å². The number of anilines is 1. The van der Waals surface area contributed by atoms with Gasteiger partial charge in [0, 0.05) is 18.7 Å². The minimum Gasteiger partial charge on any atom is -0.325 e. The van der Waals surface area contributed by atoms with Gasteiger partial charge in [-0.3, -0.25) is 4.79 Å². The van der Waals surface area contributed by atoms with E-state index in [4.69, 9.17) is 0 Å². The summed E-state index contributed by atoms with van der Waals surface area (Å²) >= 11 is 1.21. The van der Waals surface area contributed by atoms with Gasteiger partial charge in [-0.15, -0.1) is 16.8 Å². The van der Waals surface area contributed by atoms with Gasteiger partial charge in [-0.1, -0.05) is 56.0 Å². The zero-order chi connectivity index (χ0) is 22.3. The van der Waals surface area contributed by atoms with Crippen molar-refractivity contribution < 1.29 is 18.0 Å². The Morgan fingerprint density at radius 3 is 2.74 bits per heavy atom. The van der Waals surface area contributed by atoms with Crippen LogP contribution in [0, 0.1) is 5.92 Å². The zero-order valence-corrected chi connectivity index (χ0v) is 18.1. The maximum atomic E-state index is 12.8. The second kappa shape index (κ2) is 10.8. The smallest absolute Gasteiger partial charge is 0.325 e. The molecule has 5 nitrogen and oxygen atoms in total. The Morgan fingerprint density at radius 2 is 2.03 bits per heavy atom. The summed E-state index contributed by atoms with van der Waals surface area (Å²) in [4.78, 5) is 12.3. The molecule has 1 aliphatic carbocycles. The molecule has 1 fully saturated rings. The number of alkyl halides is 3. The molecule has 1 amide bonds. The highest BCUT2D eigenvalue weighted by Gasteiger charge is 2.30. The SMILES string of the molecule is C=CCn1c(CCC2CCCCC2)nnc1SCC(=O)Nc1cccc(C(F)(F)F)c1. The number of allylic oxidation sites excluding steroid dienone is 1. The molecule has 31 heavy (non-hydrogen) atoms. The monoisotopic (exact) mass is 452 g/mol. The molecule has 1 aromatic heterocycles. The van der Waals surface area contributed by atoms with Crippen molar-refractivity contribution in [3.63, 3.8) is 0 Å². The molecule has 0 spiro atoms. The van der Waals surface area contributed by atoms with Gasteiger partial charge in [0.05, 0.1) is 11.3 Å². The largest absolute Gasteiger partial charge is 0.416 e. The number of rotatable bonds is 9. The maximum absolute atomic E-state index is 12.8. The fraction of sp³-hybridized carbons (Fsp3) is 0.500. The van der Waals surface area contributed by atoms with E-state index in [0.29, 0.717) is 11.7 Å². The van der Waals surface area contributed by atoms with Crippen LogP contribution in [0.4, 0.5) is 18.9 Å². The van der Waals surface area contributed by atoms with Crippen LogP contribution >= 0.6 is 11.8 Å². The van der Waals surface area contributed by atoms with Crippen LogP contribution in [0.15, 0.2) is 42.1 Å². The number of nitrogens with zero attached hydrogens (tertiary/aromatic N) is 3. The van der Waals surface area contributed by atoms with E-state index >= 15 is 0 Å². The number of carbonyl (C=O) groups excluding carboxylic acids is 1. The Balaban J connectivity index is 1.57. The van der Waals surface area contributed by atoms with Gasteiger partial charge in [-0.2, -0.15) is 13.2 Å². The summed E-state index contributed by atoms with van der Waals surface area (Å²) in [6, 6.07) is 4.59. The van der Waals surface area contributed by atoms with Crippen molar-refractivity contribution >= 4 is 23.4 Å². The molecule has 2 aromatic rings. The minimum absolute atomic E-state index is 0.0220. The quantitative estimate of drug-likeness (QED) is 0.390. The summed E-state index contributed by atoms with van der Waals surface area (Å²) in [6.45, 7) is 4.34. The summed E-state index contributed by atoms with van der Waals surface area (Å²) in [5.74, 6) is 1.23. The third kappa shape index (κ3) is 6.85. The fourth-order valence-electron chi connectivity index (χ4n) is 3.83. The Labute approximate surface area is 184 Å². The molecule has 168 valence electrons. The molecule has 1 heterocycles. The van der Waals surface area contributed by atoms with Gasteiger partial charge in [0.15, 0.2) is 5.16 Å². The second-order valence-corrected chi connectivity index (χ2v) is 8.70. The molecule has 3 rings (SSSR count). The second-order valence-electron chi connectivity index (χ2n) is 7.76. The molecule has 1 aliphatic rings. The Kier molecular flexibility index (Phi) is 8.17. The molecule has 1 N–H and O–H groups in total. The van der Waals surface area contributed by atoms with Crippen LogP contribution in [0.5, 0.6) is 0 Å². The molecule has 0 aliphatic heterocycles. The van der Waals surface area contributed by atoms with Gasteiger partial charge < -0.3 is 9.88 Å². The molecule has 0 saturated heterocycles. The molecular formula is C22H27F3N4OS. The average Bonchev–Trinajstić information content (AvgIpc) is 3.13. The summed E-state index contributed by atoms with van der Waals surface area (Å²) in [5, 5.41) is 11.7. The fourth-order valence-corrected chi connectivity index (χ4v) is 4.60. The number of aryl methyl sites for hydroxylation is 1. The van der Waals surface area contributed by atoms with Crippen LogP contribution in [0.3, 0.4) is 0 Å². The van der Waals surface area contributed by atoms with E-state index in [1.54, 1.807) is 6.08 Å². The molecule has 1 saturated carbocycles. The lowest BCUT2D eigenvalue weighted by molar-refractivity contribution is -0.137. The first-order valence-electron chi connectivity index (χ1n) is 10.5. The molecule has 0 bridgehead atoms. The van der Waals surface area contributed by atoms with Crippen LogP contribution in [0.1, 0.15) is 49.9 Å². The van der Waals surface area contributed by atoms with Gasteiger partial charge >= 0.3 is 6.18 Å². The minimum atomic E-state index is -4.45. The number of halogens is 3. The lowest BCUT2D eigenvalue weighted by Crippen LogP contribution is -2.15. The van der Waals surface area contributed by atoms with Crippen LogP contribution < -0.4 is 5.32 Å². The average molecular weight is 453 g/mol. The number of nitrogens with one attached hydrogen (secondary N) is 1. The highest BCUT2D eigenvalue weighted by molar-refractivity contribution is 7.99. The van der Waals surface area contributed by atoms with E-state index in [1.165, 1.54) is 56.0 Å². The van der Waals surface area contributed by atoms with Crippen LogP contribution in [0.25, 0.3) is 0 Å². The van der Waals surface area contributed by atoms with E-state index in [2.05, 4.69) is 22.1 Å². The van der Waals surface area contributed by atoms with Crippen LogP contribution in [-0.2, 0) is 23.9 Å². The summed E-state index contributed by atoms with van der Waals surface area (Å²) in [6.07, 6.45) is 5.69. The number of amides is 1. The van der Waals surface area contributed by atoms with Gasteiger partial charge in [-0.05, 0) is 30.5 Å². The van der Waals surface area contributed by atoms with Gasteiger partial charge in [0.2, 0.25) is 5.91 Å². The first-order chi connectivity index (χ1) is 14.9. The van der Waals surface area contributed by atoms with Crippen molar-refractivity contribution in [2.75, 3.05) is 11.1 Å². The van der Waals surface area contributed by atoms with Gasteiger partial charge in [0.1, 0.15) is 5.82 Å². The highest BCUT2D eigenvalue weighted by Crippen LogP contribution is 2.31. The van der Waals surface area contributed by atoms with Crippen molar-refractivity contribution in [1.82, 2.24) is 14.8 Å². The van der Waals surface area contributed by atoms with Crippen LogP contribution in [0.2, 0.25) is 0 Å². The number of carbonyl (C=O) groups is 1. The van der Waals surface area contributed by atoms with Gasteiger partial charge in [0.25, 0.3) is 0 Å². The third-order valence-corrected chi connectivity index (χ3v) is 6.38. The number of thioether (sulfide) groups is 1. The summed E-state index contributed by atoms with van der Waals surface area (Å²) < 4.78 is 40.5. The van der Waals surface area contributed by atoms with E-state index in [0.717, 1.165) is 36.7 Å². The Morgan fingerprint density at radius 1 is 1.26 bits per heavy atom. The highest BCUT2D eigenvalue weighted by atomic mass is 32.2. The molecule has 9 heteroatoms. The number of hydrogen-bond donors (Lipinski definition) is 1. The predicted octanol–water partition coefficient (Wildman–Crippen LogP) is 5.73. The summed E-state index contributed by atoms with van der Waals surface area (Å²) in [7, 11) is 0. The number of hydrogen-bond acceptors (Lipinski definition) is 4. The molecule has 0 radical (unpaired) electrons. The van der Waals surface area contributed by atoms with E-state index in [-0.39, 0.29) is 11.4 Å². The van der Waals surface area contributed by atoms with Gasteiger partial charge in [-0.25, -0.2) is 0 Å². The standard InChI is InChI=1S/C22H27F3N4OS/c1-2-13-29-19(12-11-16-7-4-3-5-8-16)27-28-21(29)31-15-20(30)26-18-10-6-9-17(14-18)22(23,24)25/h2,6,9-10,14,16H,1,3-5,7-8,11-13,15H2,(H,26,30). The zero-order valence-electron chi connectivity index (χ0n) is 17.3. The lowest BCUT2D eigenvalue weighted by atomic mass is 9.86. The van der Waals surface area contributed by atoms with Crippen molar-refractivity contribution in [3.8, 4) is 0 Å². The molecule has 0 unspecified atom stereocenters. The first kappa shape index (κ1) is 23.4. The van der Waals surface area contributed by atoms with E-state index < -0.39 is 17.6 Å². The molecule has 1 aromatic carbocycles. The third-order valence-electron chi connectivity index (χ3n) is 5.41. The first-order valence-corrected chi connectivity index (χ1v) is 11.5. The Hall–Kier alpha value is -2.29. The van der Waals surface area contributed by atoms with Crippen LogP contribution in [-0.4, -0.2) is 26.4 Å². The predicted molar refractivity (Wildman–Crippen MR) is 116 cm³/mol. The molecular weight excluding hydrogens is 425 g/mol. The Bertz CT molecular complexity index is 891. The topological polar surface area (TPSA) is 59.8 Å². The number of benzene rings is 1. The normalized spacial score (nSPS) is 15.1. The molecule has 0 atom stereocenters. The summed E-state index contributed by atoms with van der Waals surface area (Å²) in [5.41, 5.74) is -0.688.